The summed E-state index contributed by atoms with van der Waals surface area (Å²) in [5.74, 6) is 1.65. The Labute approximate surface area is 295 Å². The lowest BCUT2D eigenvalue weighted by molar-refractivity contribution is 0.327. The molecule has 1 nitrogen and oxygen atoms in total. The van der Waals surface area contributed by atoms with E-state index in [4.69, 9.17) is 0 Å². The van der Waals surface area contributed by atoms with Crippen LogP contribution in [0, 0.1) is 11.8 Å². The summed E-state index contributed by atoms with van der Waals surface area (Å²) in [6, 6.07) is 64.9. The largest absolute Gasteiger partial charge is 0.310 e. The molecule has 50 heavy (non-hydrogen) atoms. The van der Waals surface area contributed by atoms with Gasteiger partial charge in [-0.25, -0.2) is 0 Å². The average Bonchev–Trinajstić information content (AvgIpc) is 3.89. The number of fused-ring (bicyclic) bond motifs is 8. The maximum absolute atomic E-state index is 2.55. The number of rotatable bonds is 6. The molecule has 2 bridgehead atoms. The lowest BCUT2D eigenvalue weighted by atomic mass is 9.66. The van der Waals surface area contributed by atoms with Gasteiger partial charge in [0.25, 0.3) is 0 Å². The molecule has 3 aliphatic carbocycles. The van der Waals surface area contributed by atoms with Crippen molar-refractivity contribution in [3.8, 4) is 44.5 Å². The van der Waals surface area contributed by atoms with Gasteiger partial charge in [0.2, 0.25) is 0 Å². The van der Waals surface area contributed by atoms with Crippen LogP contribution in [-0.2, 0) is 5.41 Å². The number of nitrogens with zero attached hydrogens (tertiary/aromatic N) is 1. The SMILES string of the molecule is c1ccc(-c2ccc(N(c3ccccc3)c3cccc(-c4ccc(-c5ccc6c(c5)C5(CC7CCC5C7)c5ccccc5-6)cc4)c3)cc2)cc1. The lowest BCUT2D eigenvalue weighted by Crippen LogP contribution is -2.31. The Hall–Kier alpha value is -5.66. The Morgan fingerprint density at radius 3 is 1.66 bits per heavy atom. The maximum atomic E-state index is 2.55. The number of benzene rings is 7. The van der Waals surface area contributed by atoms with Gasteiger partial charge >= 0.3 is 0 Å². The molecule has 0 aliphatic heterocycles. The van der Waals surface area contributed by atoms with Crippen LogP contribution in [-0.4, -0.2) is 0 Å². The predicted octanol–water partition coefficient (Wildman–Crippen LogP) is 13.2. The molecule has 10 rings (SSSR count). The first-order chi connectivity index (χ1) is 24.7. The second kappa shape index (κ2) is 11.7. The van der Waals surface area contributed by atoms with Gasteiger partial charge in [-0.15, -0.1) is 0 Å². The monoisotopic (exact) mass is 641 g/mol. The van der Waals surface area contributed by atoms with Crippen LogP contribution in [0.15, 0.2) is 176 Å². The summed E-state index contributed by atoms with van der Waals surface area (Å²) in [6.07, 6.45) is 5.50. The van der Waals surface area contributed by atoms with Crippen LogP contribution < -0.4 is 4.90 Å². The van der Waals surface area contributed by atoms with Crippen molar-refractivity contribution in [2.75, 3.05) is 4.90 Å². The van der Waals surface area contributed by atoms with Crippen molar-refractivity contribution in [2.45, 2.75) is 31.1 Å². The normalized spacial score (nSPS) is 19.8. The summed E-state index contributed by atoms with van der Waals surface area (Å²) < 4.78 is 0. The summed E-state index contributed by atoms with van der Waals surface area (Å²) >= 11 is 0. The van der Waals surface area contributed by atoms with Crippen molar-refractivity contribution >= 4 is 17.1 Å². The van der Waals surface area contributed by atoms with E-state index in [-0.39, 0.29) is 5.41 Å². The van der Waals surface area contributed by atoms with Crippen LogP contribution in [0.25, 0.3) is 44.5 Å². The van der Waals surface area contributed by atoms with Crippen molar-refractivity contribution in [3.63, 3.8) is 0 Å². The highest BCUT2D eigenvalue weighted by molar-refractivity contribution is 5.85. The van der Waals surface area contributed by atoms with E-state index in [1.807, 2.05) is 0 Å². The first kappa shape index (κ1) is 29.3. The highest BCUT2D eigenvalue weighted by Gasteiger charge is 2.56. The van der Waals surface area contributed by atoms with Crippen molar-refractivity contribution in [1.29, 1.82) is 0 Å². The first-order valence-electron chi connectivity index (χ1n) is 18.2. The topological polar surface area (TPSA) is 3.24 Å². The van der Waals surface area contributed by atoms with Crippen LogP contribution in [0.5, 0.6) is 0 Å². The van der Waals surface area contributed by atoms with Gasteiger partial charge in [0, 0.05) is 22.5 Å². The van der Waals surface area contributed by atoms with Gasteiger partial charge in [0.1, 0.15) is 0 Å². The van der Waals surface area contributed by atoms with Crippen molar-refractivity contribution in [3.05, 3.63) is 187 Å². The van der Waals surface area contributed by atoms with E-state index >= 15 is 0 Å². The summed E-state index contributed by atoms with van der Waals surface area (Å²) in [4.78, 5) is 2.35. The van der Waals surface area contributed by atoms with Crippen LogP contribution in [0.2, 0.25) is 0 Å². The molecule has 1 heteroatoms. The van der Waals surface area contributed by atoms with Gasteiger partial charge in [0.15, 0.2) is 0 Å². The highest BCUT2D eigenvalue weighted by Crippen LogP contribution is 2.65. The molecule has 0 aromatic heterocycles. The molecule has 3 atom stereocenters. The number of anilines is 3. The molecular weight excluding hydrogens is 603 g/mol. The van der Waals surface area contributed by atoms with E-state index in [2.05, 4.69) is 181 Å². The fraction of sp³-hybridized carbons (Fsp3) is 0.143. The quantitative estimate of drug-likeness (QED) is 0.175. The van der Waals surface area contributed by atoms with Gasteiger partial charge in [-0.05, 0) is 129 Å². The van der Waals surface area contributed by atoms with Crippen molar-refractivity contribution < 1.29 is 0 Å². The molecule has 0 saturated heterocycles. The van der Waals surface area contributed by atoms with E-state index in [1.165, 1.54) is 70.2 Å². The molecule has 7 aromatic carbocycles. The fourth-order valence-corrected chi connectivity index (χ4v) is 9.71. The molecule has 3 aliphatic rings. The number of hydrogen-bond acceptors (Lipinski definition) is 1. The molecule has 0 amide bonds. The van der Waals surface area contributed by atoms with Crippen LogP contribution in [0.3, 0.4) is 0 Å². The summed E-state index contributed by atoms with van der Waals surface area (Å²) in [6.45, 7) is 0. The fourth-order valence-electron chi connectivity index (χ4n) is 9.71. The maximum Gasteiger partial charge on any atom is 0.0467 e. The molecule has 0 N–H and O–H groups in total. The van der Waals surface area contributed by atoms with E-state index < -0.39 is 0 Å². The second-order valence-electron chi connectivity index (χ2n) is 14.6. The summed E-state index contributed by atoms with van der Waals surface area (Å²) in [5, 5.41) is 0. The Balaban J connectivity index is 0.979. The molecule has 0 heterocycles. The van der Waals surface area contributed by atoms with Gasteiger partial charge in [-0.3, -0.25) is 0 Å². The Bertz CT molecular complexity index is 2320. The smallest absolute Gasteiger partial charge is 0.0467 e. The third kappa shape index (κ3) is 4.68. The Kier molecular flexibility index (Phi) is 6.88. The van der Waals surface area contributed by atoms with Crippen molar-refractivity contribution in [1.82, 2.24) is 0 Å². The van der Waals surface area contributed by atoms with E-state index in [9.17, 15) is 0 Å². The number of hydrogen-bond donors (Lipinski definition) is 0. The van der Waals surface area contributed by atoms with Crippen LogP contribution >= 0.6 is 0 Å². The summed E-state index contributed by atoms with van der Waals surface area (Å²) in [5.41, 5.74) is 17.2. The summed E-state index contributed by atoms with van der Waals surface area (Å²) in [7, 11) is 0. The van der Waals surface area contributed by atoms with E-state index in [0.717, 1.165) is 28.9 Å². The number of para-hydroxylation sites is 1. The second-order valence-corrected chi connectivity index (χ2v) is 14.6. The highest BCUT2D eigenvalue weighted by atomic mass is 15.1. The molecule has 7 aromatic rings. The molecule has 1 spiro atoms. The minimum atomic E-state index is 0.206. The van der Waals surface area contributed by atoms with E-state index in [0.29, 0.717) is 0 Å². The Morgan fingerprint density at radius 2 is 0.940 bits per heavy atom. The van der Waals surface area contributed by atoms with Crippen LogP contribution in [0.1, 0.15) is 36.8 Å². The molecule has 0 radical (unpaired) electrons. The zero-order valence-electron chi connectivity index (χ0n) is 28.2. The minimum absolute atomic E-state index is 0.206. The van der Waals surface area contributed by atoms with Crippen molar-refractivity contribution in [2.24, 2.45) is 11.8 Å². The average molecular weight is 642 g/mol. The predicted molar refractivity (Wildman–Crippen MR) is 209 cm³/mol. The molecule has 2 fully saturated rings. The lowest BCUT2D eigenvalue weighted by Gasteiger charge is -2.36. The molecular formula is C49H39N. The molecule has 240 valence electrons. The van der Waals surface area contributed by atoms with Crippen LogP contribution in [0.4, 0.5) is 17.1 Å². The molecule has 3 unspecified atom stereocenters. The van der Waals surface area contributed by atoms with Gasteiger partial charge in [0.05, 0.1) is 0 Å². The van der Waals surface area contributed by atoms with Gasteiger partial charge in [-0.1, -0.05) is 140 Å². The standard InChI is InChI=1S/C49H39N/c1-3-10-35(11-4-1)36-23-27-43(28-24-36)50(42-13-5-2-6-14-42)44-15-9-12-39(31-44)37-19-21-38(22-20-37)40-25-29-46-45-16-7-8-17-47(45)49(48(46)32-40)33-34-18-26-41(49)30-34/h1-17,19-25,27-29,31-32,34,41H,18,26,30,33H2. The third-order valence-corrected chi connectivity index (χ3v) is 11.9. The third-order valence-electron chi connectivity index (χ3n) is 11.9. The zero-order chi connectivity index (χ0) is 33.1. The molecule has 2 saturated carbocycles. The Morgan fingerprint density at radius 1 is 0.400 bits per heavy atom. The zero-order valence-corrected chi connectivity index (χ0v) is 28.2. The minimum Gasteiger partial charge on any atom is -0.310 e. The van der Waals surface area contributed by atoms with E-state index in [1.54, 1.807) is 11.1 Å². The van der Waals surface area contributed by atoms with Gasteiger partial charge < -0.3 is 4.90 Å². The van der Waals surface area contributed by atoms with Gasteiger partial charge in [-0.2, -0.15) is 0 Å². The first-order valence-corrected chi connectivity index (χ1v) is 18.2.